The summed E-state index contributed by atoms with van der Waals surface area (Å²) < 4.78 is 8.24. The zero-order chi connectivity index (χ0) is 30.2. The van der Waals surface area contributed by atoms with Crippen LogP contribution in [0.2, 0.25) is 15.3 Å². The van der Waals surface area contributed by atoms with Gasteiger partial charge < -0.3 is 19.4 Å². The molecule has 0 saturated carbocycles. The van der Waals surface area contributed by atoms with Gasteiger partial charge in [-0.3, -0.25) is 14.7 Å². The highest BCUT2D eigenvalue weighted by Gasteiger charge is 2.29. The Bertz CT molecular complexity index is 1890. The number of aromatic amines is 1. The number of anilines is 1. The first-order valence-electron chi connectivity index (χ1n) is 13.1. The molecule has 1 aliphatic rings. The van der Waals surface area contributed by atoms with Crippen molar-refractivity contribution in [3.05, 3.63) is 92.1 Å². The van der Waals surface area contributed by atoms with E-state index in [4.69, 9.17) is 44.5 Å². The van der Waals surface area contributed by atoms with Gasteiger partial charge in [-0.05, 0) is 54.8 Å². The molecule has 0 aliphatic carbocycles. The number of carboxylic acid groups (broad SMARTS) is 1. The number of carbonyl (C=O) groups is 1. The second-order valence-electron chi connectivity index (χ2n) is 9.76. The molecule has 0 spiro atoms. The van der Waals surface area contributed by atoms with Gasteiger partial charge in [0.05, 0.1) is 48.7 Å². The van der Waals surface area contributed by atoms with Crippen molar-refractivity contribution in [2.75, 3.05) is 25.2 Å². The second-order valence-corrected chi connectivity index (χ2v) is 11.0. The van der Waals surface area contributed by atoms with Gasteiger partial charge in [-0.15, -0.1) is 5.10 Å². The minimum absolute atomic E-state index is 0.158. The molecule has 0 saturated heterocycles. The van der Waals surface area contributed by atoms with Crippen LogP contribution in [0.1, 0.15) is 24.0 Å². The van der Waals surface area contributed by atoms with Crippen LogP contribution < -0.4 is 10.5 Å². The Balaban J connectivity index is 1.31. The monoisotopic (exact) mass is 640 g/mol. The molecule has 12 nitrogen and oxygen atoms in total. The van der Waals surface area contributed by atoms with E-state index in [0.29, 0.717) is 57.6 Å². The van der Waals surface area contributed by atoms with Crippen LogP contribution >= 0.6 is 34.8 Å². The summed E-state index contributed by atoms with van der Waals surface area (Å²) in [6, 6.07) is 11.7. The fourth-order valence-corrected chi connectivity index (χ4v) is 5.74. The standard InChI is InChI=1S/C28H23Cl3N8O4/c1-43-9-8-37(28(41)42)18-3-5-20(32-13-18)25-26(31)34-27(33-25)22-7-4-17-10-15(11-24(40)39(17)22)19-12-16(29)2-6-21(19)38-14-23(30)35-36-38/h2-3,5-6,10-14,22H,4,7-9H2,1H3,(H,33,34)(H,41,42)/t22-/m0/s1. The third-order valence-corrected chi connectivity index (χ3v) is 7.84. The van der Waals surface area contributed by atoms with E-state index in [1.54, 1.807) is 47.2 Å². The zero-order valence-corrected chi connectivity index (χ0v) is 24.8. The lowest BCUT2D eigenvalue weighted by molar-refractivity contribution is 0.186. The maximum absolute atomic E-state index is 13.5. The van der Waals surface area contributed by atoms with Crippen molar-refractivity contribution < 1.29 is 14.6 Å². The molecule has 1 aromatic carbocycles. The van der Waals surface area contributed by atoms with Crippen LogP contribution in [0.5, 0.6) is 0 Å². The van der Waals surface area contributed by atoms with E-state index >= 15 is 0 Å². The molecule has 15 heteroatoms. The lowest BCUT2D eigenvalue weighted by Gasteiger charge is -2.18. The Morgan fingerprint density at radius 1 is 1.19 bits per heavy atom. The summed E-state index contributed by atoms with van der Waals surface area (Å²) in [5, 5.41) is 18.5. The fraction of sp³-hybridized carbons (Fsp3) is 0.214. The minimum Gasteiger partial charge on any atom is -0.465 e. The highest BCUT2D eigenvalue weighted by Crippen LogP contribution is 2.36. The summed E-state index contributed by atoms with van der Waals surface area (Å²) in [6.07, 6.45) is 3.16. The summed E-state index contributed by atoms with van der Waals surface area (Å²) in [5.74, 6) is 0.521. The van der Waals surface area contributed by atoms with Gasteiger partial charge in [0.1, 0.15) is 16.7 Å². The van der Waals surface area contributed by atoms with E-state index in [1.165, 1.54) is 18.0 Å². The van der Waals surface area contributed by atoms with E-state index in [2.05, 4.69) is 20.3 Å². The van der Waals surface area contributed by atoms with Crippen molar-refractivity contribution in [3.8, 4) is 28.2 Å². The molecule has 6 rings (SSSR count). The van der Waals surface area contributed by atoms with Crippen LogP contribution in [-0.2, 0) is 11.2 Å². The Morgan fingerprint density at radius 3 is 2.72 bits per heavy atom. The molecule has 4 aromatic heterocycles. The summed E-state index contributed by atoms with van der Waals surface area (Å²) in [5.41, 5.74) is 3.93. The molecule has 1 amide bonds. The molecule has 2 N–H and O–H groups in total. The van der Waals surface area contributed by atoms with E-state index in [0.717, 1.165) is 10.6 Å². The molecule has 1 atom stereocenters. The molecule has 5 aromatic rings. The van der Waals surface area contributed by atoms with Crippen molar-refractivity contribution in [2.24, 2.45) is 0 Å². The average Bonchev–Trinajstić information content (AvgIpc) is 3.71. The number of aromatic nitrogens is 7. The first-order chi connectivity index (χ1) is 20.7. The van der Waals surface area contributed by atoms with E-state index in [-0.39, 0.29) is 35.1 Å². The molecule has 0 unspecified atom stereocenters. The lowest BCUT2D eigenvalue weighted by Crippen LogP contribution is -2.32. The number of aryl methyl sites for hydroxylation is 1. The van der Waals surface area contributed by atoms with Gasteiger partial charge in [0.25, 0.3) is 5.56 Å². The first kappa shape index (κ1) is 28.9. The third kappa shape index (κ3) is 5.62. The molecular formula is C28H23Cl3N8O4. The van der Waals surface area contributed by atoms with Crippen LogP contribution in [0.3, 0.4) is 0 Å². The summed E-state index contributed by atoms with van der Waals surface area (Å²) in [7, 11) is 1.50. The number of nitrogens with zero attached hydrogens (tertiary/aromatic N) is 7. The Hall–Kier alpha value is -4.23. The van der Waals surface area contributed by atoms with E-state index < -0.39 is 6.09 Å². The van der Waals surface area contributed by atoms with Crippen molar-refractivity contribution >= 4 is 46.6 Å². The highest BCUT2D eigenvalue weighted by atomic mass is 35.5. The summed E-state index contributed by atoms with van der Waals surface area (Å²) in [4.78, 5) is 38.5. The number of hydrogen-bond donors (Lipinski definition) is 2. The fourth-order valence-electron chi connectivity index (χ4n) is 5.21. The smallest absolute Gasteiger partial charge is 0.411 e. The number of pyridine rings is 2. The number of methoxy groups -OCH3 is 1. The number of halogens is 3. The number of hydrogen-bond acceptors (Lipinski definition) is 7. The van der Waals surface area contributed by atoms with Gasteiger partial charge in [0, 0.05) is 29.5 Å². The van der Waals surface area contributed by atoms with Gasteiger partial charge in [-0.1, -0.05) is 40.0 Å². The highest BCUT2D eigenvalue weighted by molar-refractivity contribution is 6.32. The van der Waals surface area contributed by atoms with Gasteiger partial charge >= 0.3 is 6.09 Å². The maximum Gasteiger partial charge on any atom is 0.411 e. The number of ether oxygens (including phenoxy) is 1. The SMILES string of the molecule is COCCN(C(=O)O)c1ccc(-c2nc([C@@H]3CCc4cc(-c5cc(Cl)ccc5-n5cc(Cl)nn5)cc(=O)n43)[nH]c2Cl)nc1. The van der Waals surface area contributed by atoms with Gasteiger partial charge in [0.2, 0.25) is 0 Å². The summed E-state index contributed by atoms with van der Waals surface area (Å²) in [6.45, 7) is 0.397. The summed E-state index contributed by atoms with van der Waals surface area (Å²) >= 11 is 18.9. The molecule has 220 valence electrons. The van der Waals surface area contributed by atoms with Crippen LogP contribution in [0.4, 0.5) is 10.5 Å². The molecule has 0 bridgehead atoms. The molecule has 0 fully saturated rings. The average molecular weight is 642 g/mol. The number of benzene rings is 1. The predicted molar refractivity (Wildman–Crippen MR) is 162 cm³/mol. The predicted octanol–water partition coefficient (Wildman–Crippen LogP) is 5.51. The number of imidazole rings is 1. The molecule has 5 heterocycles. The molecular weight excluding hydrogens is 619 g/mol. The van der Waals surface area contributed by atoms with Gasteiger partial charge in [-0.2, -0.15) is 0 Å². The maximum atomic E-state index is 13.5. The van der Waals surface area contributed by atoms with Crippen molar-refractivity contribution in [1.82, 2.24) is 34.5 Å². The quantitative estimate of drug-likeness (QED) is 0.226. The number of fused-ring (bicyclic) bond motifs is 1. The third-order valence-electron chi connectivity index (χ3n) is 7.16. The molecule has 43 heavy (non-hydrogen) atoms. The van der Waals surface area contributed by atoms with Gasteiger partial charge in [-0.25, -0.2) is 14.5 Å². The Kier molecular flexibility index (Phi) is 7.93. The topological polar surface area (TPSA) is 144 Å². The largest absolute Gasteiger partial charge is 0.465 e. The van der Waals surface area contributed by atoms with E-state index in [1.807, 2.05) is 6.07 Å². The number of amides is 1. The van der Waals surface area contributed by atoms with Crippen LogP contribution in [-0.4, -0.2) is 66.0 Å². The van der Waals surface area contributed by atoms with Gasteiger partial charge in [0.15, 0.2) is 5.15 Å². The second kappa shape index (κ2) is 11.8. The van der Waals surface area contributed by atoms with Crippen molar-refractivity contribution in [2.45, 2.75) is 18.9 Å². The van der Waals surface area contributed by atoms with Crippen LogP contribution in [0.15, 0.2) is 59.7 Å². The molecule has 0 radical (unpaired) electrons. The normalized spacial score (nSPS) is 14.2. The molecule has 1 aliphatic heterocycles. The number of H-pyrrole nitrogens is 1. The van der Waals surface area contributed by atoms with E-state index in [9.17, 15) is 14.7 Å². The lowest BCUT2D eigenvalue weighted by atomic mass is 10.0. The number of nitrogens with one attached hydrogen (secondary N) is 1. The Labute approximate surface area is 259 Å². The zero-order valence-electron chi connectivity index (χ0n) is 22.5. The minimum atomic E-state index is -1.12. The van der Waals surface area contributed by atoms with Crippen molar-refractivity contribution in [3.63, 3.8) is 0 Å². The van der Waals surface area contributed by atoms with Crippen LogP contribution in [0.25, 0.3) is 28.2 Å². The number of rotatable bonds is 8. The van der Waals surface area contributed by atoms with Crippen LogP contribution in [0, 0.1) is 0 Å². The first-order valence-corrected chi connectivity index (χ1v) is 14.2. The van der Waals surface area contributed by atoms with Crippen molar-refractivity contribution in [1.29, 1.82) is 0 Å². The Morgan fingerprint density at radius 2 is 2.02 bits per heavy atom.